The van der Waals surface area contributed by atoms with Gasteiger partial charge in [-0.15, -0.1) is 0 Å². The first-order valence-corrected chi connectivity index (χ1v) is 7.86. The van der Waals surface area contributed by atoms with E-state index in [0.29, 0.717) is 19.0 Å². The number of nitrogens with one attached hydrogen (secondary N) is 1. The summed E-state index contributed by atoms with van der Waals surface area (Å²) in [6.45, 7) is 2.93. The second-order valence-corrected chi connectivity index (χ2v) is 5.67. The molecule has 0 spiro atoms. The molecule has 6 nitrogen and oxygen atoms in total. The highest BCUT2D eigenvalue weighted by Gasteiger charge is 2.25. The Morgan fingerprint density at radius 3 is 3.00 bits per heavy atom. The number of carbonyl (C=O) groups is 1. The first-order valence-electron chi connectivity index (χ1n) is 7.86. The zero-order valence-corrected chi connectivity index (χ0v) is 13.2. The minimum atomic E-state index is -0.394. The summed E-state index contributed by atoms with van der Waals surface area (Å²) in [6.07, 6.45) is 1.25. The average Bonchev–Trinajstić information content (AvgIpc) is 3.19. The van der Waals surface area contributed by atoms with Crippen molar-refractivity contribution in [2.75, 3.05) is 18.5 Å². The lowest BCUT2D eigenvalue weighted by atomic mass is 10.1. The molecule has 1 aliphatic rings. The van der Waals surface area contributed by atoms with Crippen molar-refractivity contribution in [2.24, 2.45) is 0 Å². The number of hydrogen-bond donors (Lipinski definition) is 2. The van der Waals surface area contributed by atoms with Gasteiger partial charge >= 0.3 is 0 Å². The van der Waals surface area contributed by atoms with Crippen LogP contribution in [0, 0.1) is 6.92 Å². The number of amides is 1. The number of aryl methyl sites for hydroxylation is 1. The van der Waals surface area contributed by atoms with Gasteiger partial charge in [0, 0.05) is 18.2 Å². The molecule has 6 heteroatoms. The molecule has 1 amide bonds. The van der Waals surface area contributed by atoms with Crippen LogP contribution in [0.15, 0.2) is 30.3 Å². The predicted molar refractivity (Wildman–Crippen MR) is 87.1 cm³/mol. The number of nitrogens with zero attached hydrogens (tertiary/aromatic N) is 2. The van der Waals surface area contributed by atoms with Gasteiger partial charge < -0.3 is 15.2 Å². The van der Waals surface area contributed by atoms with Gasteiger partial charge in [0.15, 0.2) is 0 Å². The Hall–Kier alpha value is -2.18. The Bertz CT molecular complexity index is 690. The molecule has 0 radical (unpaired) electrons. The SMILES string of the molecule is Cc1ccccc1-c1cc(NC(=O)[C@H]2CCCO2)n(CCO)n1. The summed E-state index contributed by atoms with van der Waals surface area (Å²) in [4.78, 5) is 12.2. The normalized spacial score (nSPS) is 17.4. The third-order valence-corrected chi connectivity index (χ3v) is 3.99. The molecule has 1 aliphatic heterocycles. The number of anilines is 1. The van der Waals surface area contributed by atoms with Crippen LogP contribution in [-0.4, -0.2) is 40.1 Å². The monoisotopic (exact) mass is 315 g/mol. The number of ether oxygens (including phenoxy) is 1. The van der Waals surface area contributed by atoms with Crippen LogP contribution in [-0.2, 0) is 16.1 Å². The van der Waals surface area contributed by atoms with E-state index in [0.717, 1.165) is 29.7 Å². The molecule has 1 fully saturated rings. The van der Waals surface area contributed by atoms with Crippen LogP contribution in [0.3, 0.4) is 0 Å². The zero-order chi connectivity index (χ0) is 16.2. The Morgan fingerprint density at radius 1 is 1.48 bits per heavy atom. The summed E-state index contributed by atoms with van der Waals surface area (Å²) >= 11 is 0. The van der Waals surface area contributed by atoms with Crippen molar-refractivity contribution in [3.05, 3.63) is 35.9 Å². The van der Waals surface area contributed by atoms with Crippen LogP contribution in [0.5, 0.6) is 0 Å². The first kappa shape index (κ1) is 15.7. The maximum absolute atomic E-state index is 12.2. The molecule has 0 aliphatic carbocycles. The van der Waals surface area contributed by atoms with Gasteiger partial charge in [0.2, 0.25) is 0 Å². The molecule has 2 aromatic rings. The smallest absolute Gasteiger partial charge is 0.254 e. The van der Waals surface area contributed by atoms with Gasteiger partial charge in [0.1, 0.15) is 11.9 Å². The molecule has 122 valence electrons. The maximum atomic E-state index is 12.2. The van der Waals surface area contributed by atoms with Crippen molar-refractivity contribution in [3.8, 4) is 11.3 Å². The molecule has 1 aromatic heterocycles. The third-order valence-electron chi connectivity index (χ3n) is 3.99. The molecule has 3 rings (SSSR count). The van der Waals surface area contributed by atoms with Crippen molar-refractivity contribution in [2.45, 2.75) is 32.4 Å². The van der Waals surface area contributed by atoms with Crippen molar-refractivity contribution in [3.63, 3.8) is 0 Å². The van der Waals surface area contributed by atoms with Gasteiger partial charge in [0.05, 0.1) is 18.8 Å². The lowest BCUT2D eigenvalue weighted by molar-refractivity contribution is -0.124. The number of rotatable bonds is 5. The fraction of sp³-hybridized carbons (Fsp3) is 0.412. The van der Waals surface area contributed by atoms with Crippen molar-refractivity contribution < 1.29 is 14.6 Å². The predicted octanol–water partition coefficient (Wildman–Crippen LogP) is 1.97. The van der Waals surface area contributed by atoms with Crippen molar-refractivity contribution in [1.29, 1.82) is 0 Å². The minimum Gasteiger partial charge on any atom is -0.394 e. The number of aromatic nitrogens is 2. The number of hydrogen-bond acceptors (Lipinski definition) is 4. The first-order chi connectivity index (χ1) is 11.2. The van der Waals surface area contributed by atoms with E-state index in [1.807, 2.05) is 37.3 Å². The van der Waals surface area contributed by atoms with Crippen LogP contribution in [0.25, 0.3) is 11.3 Å². The van der Waals surface area contributed by atoms with Crippen LogP contribution in [0.2, 0.25) is 0 Å². The fourth-order valence-electron chi connectivity index (χ4n) is 2.77. The highest BCUT2D eigenvalue weighted by Crippen LogP contribution is 2.25. The number of benzene rings is 1. The van der Waals surface area contributed by atoms with Gasteiger partial charge in [-0.3, -0.25) is 4.79 Å². The Balaban J connectivity index is 1.86. The van der Waals surface area contributed by atoms with Gasteiger partial charge in [-0.2, -0.15) is 5.10 Å². The van der Waals surface area contributed by atoms with Gasteiger partial charge in [-0.25, -0.2) is 4.68 Å². The second-order valence-electron chi connectivity index (χ2n) is 5.67. The molecule has 0 bridgehead atoms. The quantitative estimate of drug-likeness (QED) is 0.884. The van der Waals surface area contributed by atoms with E-state index < -0.39 is 6.10 Å². The summed E-state index contributed by atoms with van der Waals surface area (Å²) in [5.41, 5.74) is 2.90. The minimum absolute atomic E-state index is 0.0440. The summed E-state index contributed by atoms with van der Waals surface area (Å²) in [5.74, 6) is 0.427. The van der Waals surface area contributed by atoms with E-state index >= 15 is 0 Å². The average molecular weight is 315 g/mol. The Labute approximate surface area is 135 Å². The van der Waals surface area contributed by atoms with Crippen LogP contribution in [0.4, 0.5) is 5.82 Å². The van der Waals surface area contributed by atoms with E-state index in [4.69, 9.17) is 4.74 Å². The fourth-order valence-corrected chi connectivity index (χ4v) is 2.77. The van der Waals surface area contributed by atoms with Crippen LogP contribution in [0.1, 0.15) is 18.4 Å². The summed E-state index contributed by atoms with van der Waals surface area (Å²) in [5, 5.41) is 16.6. The van der Waals surface area contributed by atoms with Gasteiger partial charge in [-0.05, 0) is 25.3 Å². The summed E-state index contributed by atoms with van der Waals surface area (Å²) in [6, 6.07) is 9.78. The summed E-state index contributed by atoms with van der Waals surface area (Å²) in [7, 11) is 0. The molecule has 1 atom stereocenters. The maximum Gasteiger partial charge on any atom is 0.254 e. The molecule has 0 unspecified atom stereocenters. The third kappa shape index (κ3) is 3.43. The van der Waals surface area contributed by atoms with E-state index in [9.17, 15) is 9.90 Å². The molecule has 1 saturated heterocycles. The number of carbonyl (C=O) groups excluding carboxylic acids is 1. The van der Waals surface area contributed by atoms with E-state index in [2.05, 4.69) is 10.4 Å². The zero-order valence-electron chi connectivity index (χ0n) is 13.2. The number of aliphatic hydroxyl groups excluding tert-OH is 1. The van der Waals surface area contributed by atoms with E-state index in [1.54, 1.807) is 4.68 Å². The Morgan fingerprint density at radius 2 is 2.30 bits per heavy atom. The van der Waals surface area contributed by atoms with Gasteiger partial charge in [-0.1, -0.05) is 24.3 Å². The second kappa shape index (κ2) is 6.93. The van der Waals surface area contributed by atoms with Gasteiger partial charge in [0.25, 0.3) is 5.91 Å². The van der Waals surface area contributed by atoms with Crippen molar-refractivity contribution in [1.82, 2.24) is 9.78 Å². The molecule has 1 aromatic carbocycles. The molecule has 23 heavy (non-hydrogen) atoms. The number of aliphatic hydroxyl groups is 1. The van der Waals surface area contributed by atoms with E-state index in [1.165, 1.54) is 0 Å². The lowest BCUT2D eigenvalue weighted by Crippen LogP contribution is -2.28. The van der Waals surface area contributed by atoms with E-state index in [-0.39, 0.29) is 12.5 Å². The standard InChI is InChI=1S/C17H21N3O3/c1-12-5-2-3-6-13(12)14-11-16(20(19-14)8-9-21)18-17(22)15-7-4-10-23-15/h2-3,5-6,11,15,21H,4,7-10H2,1H3,(H,18,22)/t15-/m1/s1. The largest absolute Gasteiger partial charge is 0.394 e. The summed E-state index contributed by atoms with van der Waals surface area (Å²) < 4.78 is 7.03. The molecular weight excluding hydrogens is 294 g/mol. The molecular formula is C17H21N3O3. The molecule has 2 N–H and O–H groups in total. The van der Waals surface area contributed by atoms with Crippen LogP contribution >= 0.6 is 0 Å². The molecule has 2 heterocycles. The molecule has 0 saturated carbocycles. The topological polar surface area (TPSA) is 76.4 Å². The van der Waals surface area contributed by atoms with Crippen molar-refractivity contribution >= 4 is 11.7 Å². The lowest BCUT2D eigenvalue weighted by Gasteiger charge is -2.11. The van der Waals surface area contributed by atoms with Crippen LogP contribution < -0.4 is 5.32 Å². The highest BCUT2D eigenvalue weighted by atomic mass is 16.5. The highest BCUT2D eigenvalue weighted by molar-refractivity contribution is 5.94. The Kier molecular flexibility index (Phi) is 4.73.